The molecule has 2 unspecified atom stereocenters. The summed E-state index contributed by atoms with van der Waals surface area (Å²) >= 11 is 0. The fourth-order valence-electron chi connectivity index (χ4n) is 2.98. The third-order valence-corrected chi connectivity index (χ3v) is 4.21. The lowest BCUT2D eigenvalue weighted by Gasteiger charge is -2.28. The smallest absolute Gasteiger partial charge is 0.251 e. The average molecular weight is 294 g/mol. The zero-order valence-electron chi connectivity index (χ0n) is 12.9. The van der Waals surface area contributed by atoms with E-state index in [1.807, 2.05) is 42.5 Å². The molecule has 3 heteroatoms. The first-order chi connectivity index (χ1) is 10.7. The molecule has 114 valence electrons. The maximum atomic E-state index is 12.3. The van der Waals surface area contributed by atoms with E-state index in [-0.39, 0.29) is 11.9 Å². The molecule has 2 atom stereocenters. The Morgan fingerprint density at radius 1 is 1.05 bits per heavy atom. The highest BCUT2D eigenvalue weighted by Gasteiger charge is 2.20. The van der Waals surface area contributed by atoms with E-state index >= 15 is 0 Å². The molecule has 3 rings (SSSR count). The molecule has 0 saturated carbocycles. The average Bonchev–Trinajstić information content (AvgIpc) is 2.56. The number of rotatable bonds is 3. The predicted molar refractivity (Wildman–Crippen MR) is 89.8 cm³/mol. The number of amides is 1. The van der Waals surface area contributed by atoms with E-state index in [2.05, 4.69) is 29.7 Å². The second kappa shape index (κ2) is 6.75. The lowest BCUT2D eigenvalue weighted by atomic mass is 9.99. The minimum absolute atomic E-state index is 0.0266. The third-order valence-electron chi connectivity index (χ3n) is 4.21. The molecule has 0 bridgehead atoms. The van der Waals surface area contributed by atoms with Crippen LogP contribution in [0.5, 0.6) is 0 Å². The highest BCUT2D eigenvalue weighted by Crippen LogP contribution is 2.19. The largest absolute Gasteiger partial charge is 0.349 e. The zero-order chi connectivity index (χ0) is 15.4. The Bertz CT molecular complexity index is 622. The van der Waals surface area contributed by atoms with Crippen LogP contribution in [-0.2, 0) is 0 Å². The molecule has 1 aliphatic heterocycles. The number of carbonyl (C=O) groups is 1. The number of benzene rings is 2. The molecule has 2 aromatic rings. The Labute approximate surface area is 131 Å². The number of hydrogen-bond acceptors (Lipinski definition) is 2. The summed E-state index contributed by atoms with van der Waals surface area (Å²) in [5.74, 6) is 0.0266. The zero-order valence-corrected chi connectivity index (χ0v) is 12.9. The van der Waals surface area contributed by atoms with Crippen LogP contribution in [-0.4, -0.2) is 24.5 Å². The third kappa shape index (κ3) is 3.55. The van der Waals surface area contributed by atoms with Crippen LogP contribution < -0.4 is 10.6 Å². The lowest BCUT2D eigenvalue weighted by Crippen LogP contribution is -2.46. The Hall–Kier alpha value is -2.13. The van der Waals surface area contributed by atoms with Crippen LogP contribution in [0.3, 0.4) is 0 Å². The Balaban J connectivity index is 1.66. The van der Waals surface area contributed by atoms with Crippen molar-refractivity contribution in [2.45, 2.75) is 31.8 Å². The molecule has 1 aliphatic rings. The van der Waals surface area contributed by atoms with E-state index in [4.69, 9.17) is 0 Å². The monoisotopic (exact) mass is 294 g/mol. The number of piperidine rings is 1. The van der Waals surface area contributed by atoms with Gasteiger partial charge in [-0.2, -0.15) is 0 Å². The van der Waals surface area contributed by atoms with Gasteiger partial charge in [-0.05, 0) is 49.6 Å². The van der Waals surface area contributed by atoms with E-state index in [0.717, 1.165) is 30.5 Å². The van der Waals surface area contributed by atoms with Gasteiger partial charge < -0.3 is 10.6 Å². The molecule has 0 aliphatic carbocycles. The fraction of sp³-hybridized carbons (Fsp3) is 0.316. The Morgan fingerprint density at radius 2 is 1.73 bits per heavy atom. The first kappa shape index (κ1) is 14.8. The van der Waals surface area contributed by atoms with Crippen LogP contribution >= 0.6 is 0 Å². The standard InChI is InChI=1S/C19H22N2O/c1-14-13-18(11-12-20-14)21-19(22)17-9-7-16(8-10-17)15-5-3-2-4-6-15/h2-10,14,18,20H,11-13H2,1H3,(H,21,22). The van der Waals surface area contributed by atoms with Gasteiger partial charge in [0.05, 0.1) is 0 Å². The van der Waals surface area contributed by atoms with Gasteiger partial charge in [0.25, 0.3) is 5.91 Å². The lowest BCUT2D eigenvalue weighted by molar-refractivity contribution is 0.0925. The van der Waals surface area contributed by atoms with Gasteiger partial charge in [0, 0.05) is 17.6 Å². The molecule has 1 amide bonds. The number of nitrogens with one attached hydrogen (secondary N) is 2. The molecule has 3 nitrogen and oxygen atoms in total. The summed E-state index contributed by atoms with van der Waals surface area (Å²) in [6.07, 6.45) is 1.99. The molecule has 22 heavy (non-hydrogen) atoms. The van der Waals surface area contributed by atoms with Crippen LogP contribution in [0, 0.1) is 0 Å². The normalized spacial score (nSPS) is 21.3. The van der Waals surface area contributed by atoms with Crippen molar-refractivity contribution in [1.29, 1.82) is 0 Å². The topological polar surface area (TPSA) is 41.1 Å². The van der Waals surface area contributed by atoms with Crippen molar-refractivity contribution in [3.63, 3.8) is 0 Å². The molecule has 0 radical (unpaired) electrons. The van der Waals surface area contributed by atoms with E-state index in [9.17, 15) is 4.79 Å². The van der Waals surface area contributed by atoms with Gasteiger partial charge in [-0.25, -0.2) is 0 Å². The molecule has 0 aromatic heterocycles. The molecule has 2 aromatic carbocycles. The molecule has 2 N–H and O–H groups in total. The van der Waals surface area contributed by atoms with Gasteiger partial charge in [0.15, 0.2) is 0 Å². The molecule has 1 saturated heterocycles. The second-order valence-electron chi connectivity index (χ2n) is 5.99. The molecule has 1 heterocycles. The van der Waals surface area contributed by atoms with Crippen molar-refractivity contribution >= 4 is 5.91 Å². The summed E-state index contributed by atoms with van der Waals surface area (Å²) in [4.78, 5) is 12.3. The van der Waals surface area contributed by atoms with Gasteiger partial charge in [0.1, 0.15) is 0 Å². The van der Waals surface area contributed by atoms with Crippen molar-refractivity contribution in [1.82, 2.24) is 10.6 Å². The van der Waals surface area contributed by atoms with Crippen molar-refractivity contribution < 1.29 is 4.79 Å². The highest BCUT2D eigenvalue weighted by atomic mass is 16.1. The maximum absolute atomic E-state index is 12.3. The maximum Gasteiger partial charge on any atom is 0.251 e. The van der Waals surface area contributed by atoms with Crippen LogP contribution in [0.15, 0.2) is 54.6 Å². The first-order valence-electron chi connectivity index (χ1n) is 7.92. The Kier molecular flexibility index (Phi) is 4.54. The summed E-state index contributed by atoms with van der Waals surface area (Å²) < 4.78 is 0. The van der Waals surface area contributed by atoms with Gasteiger partial charge >= 0.3 is 0 Å². The number of carbonyl (C=O) groups excluding carboxylic acids is 1. The van der Waals surface area contributed by atoms with E-state index in [0.29, 0.717) is 6.04 Å². The van der Waals surface area contributed by atoms with Gasteiger partial charge in [0.2, 0.25) is 0 Å². The van der Waals surface area contributed by atoms with E-state index < -0.39 is 0 Å². The van der Waals surface area contributed by atoms with Gasteiger partial charge in [-0.1, -0.05) is 42.5 Å². The van der Waals surface area contributed by atoms with Gasteiger partial charge in [-0.15, -0.1) is 0 Å². The van der Waals surface area contributed by atoms with Crippen LogP contribution in [0.4, 0.5) is 0 Å². The van der Waals surface area contributed by atoms with Crippen LogP contribution in [0.1, 0.15) is 30.1 Å². The number of hydrogen-bond donors (Lipinski definition) is 2. The van der Waals surface area contributed by atoms with Crippen molar-refractivity contribution in [2.75, 3.05) is 6.54 Å². The first-order valence-corrected chi connectivity index (χ1v) is 7.92. The fourth-order valence-corrected chi connectivity index (χ4v) is 2.98. The Morgan fingerprint density at radius 3 is 2.41 bits per heavy atom. The summed E-state index contributed by atoms with van der Waals surface area (Å²) in [6.45, 7) is 3.13. The van der Waals surface area contributed by atoms with Crippen molar-refractivity contribution in [3.8, 4) is 11.1 Å². The highest BCUT2D eigenvalue weighted by molar-refractivity contribution is 5.94. The van der Waals surface area contributed by atoms with Crippen LogP contribution in [0.2, 0.25) is 0 Å². The van der Waals surface area contributed by atoms with Gasteiger partial charge in [-0.3, -0.25) is 4.79 Å². The minimum Gasteiger partial charge on any atom is -0.349 e. The quantitative estimate of drug-likeness (QED) is 0.912. The molecular formula is C19H22N2O. The predicted octanol–water partition coefficient (Wildman–Crippen LogP) is 3.22. The SMILES string of the molecule is CC1CC(NC(=O)c2ccc(-c3ccccc3)cc2)CCN1. The minimum atomic E-state index is 0.0266. The summed E-state index contributed by atoms with van der Waals surface area (Å²) in [5, 5.41) is 6.55. The molecule has 0 spiro atoms. The summed E-state index contributed by atoms with van der Waals surface area (Å²) in [6, 6.07) is 18.8. The summed E-state index contributed by atoms with van der Waals surface area (Å²) in [5.41, 5.74) is 3.03. The molecular weight excluding hydrogens is 272 g/mol. The van der Waals surface area contributed by atoms with Crippen molar-refractivity contribution in [2.24, 2.45) is 0 Å². The second-order valence-corrected chi connectivity index (χ2v) is 5.99. The van der Waals surface area contributed by atoms with Crippen LogP contribution in [0.25, 0.3) is 11.1 Å². The molecule has 1 fully saturated rings. The van der Waals surface area contributed by atoms with E-state index in [1.165, 1.54) is 5.56 Å². The summed E-state index contributed by atoms with van der Waals surface area (Å²) in [7, 11) is 0. The van der Waals surface area contributed by atoms with Crippen molar-refractivity contribution in [3.05, 3.63) is 60.2 Å². The van der Waals surface area contributed by atoms with E-state index in [1.54, 1.807) is 0 Å².